The molecule has 0 bridgehead atoms. The second-order valence-electron chi connectivity index (χ2n) is 6.36. The van der Waals surface area contributed by atoms with Crippen molar-refractivity contribution in [2.45, 2.75) is 32.9 Å². The average molecular weight is 423 g/mol. The predicted octanol–water partition coefficient (Wildman–Crippen LogP) is 4.32. The summed E-state index contributed by atoms with van der Waals surface area (Å²) < 4.78 is 5.57. The van der Waals surface area contributed by atoms with Crippen LogP contribution in [0.1, 0.15) is 25.8 Å². The van der Waals surface area contributed by atoms with E-state index in [1.807, 2.05) is 19.1 Å². The molecule has 0 aromatic heterocycles. The van der Waals surface area contributed by atoms with Crippen molar-refractivity contribution in [3.8, 4) is 5.75 Å². The Balaban J connectivity index is 2.13. The molecule has 0 aliphatic rings. The van der Waals surface area contributed by atoms with Crippen LogP contribution in [0.15, 0.2) is 48.5 Å². The minimum absolute atomic E-state index is 0.202. The zero-order valence-corrected chi connectivity index (χ0v) is 17.5. The number of halogens is 2. The van der Waals surface area contributed by atoms with Crippen LogP contribution >= 0.6 is 23.2 Å². The molecule has 0 aliphatic carbocycles. The summed E-state index contributed by atoms with van der Waals surface area (Å²) in [6, 6.07) is 13.4. The van der Waals surface area contributed by atoms with Gasteiger partial charge in [-0.15, -0.1) is 0 Å². The SMILES string of the molecule is CCCNC(=O)[C@@H](C)N(Cc1cccc(Cl)c1)C(=O)COc1cccc(Cl)c1. The number of hydrogen-bond donors (Lipinski definition) is 1. The lowest BCUT2D eigenvalue weighted by Crippen LogP contribution is -2.49. The molecule has 2 amide bonds. The summed E-state index contributed by atoms with van der Waals surface area (Å²) in [6.07, 6.45) is 0.818. The Bertz CT molecular complexity index is 814. The Kier molecular flexibility index (Phi) is 8.61. The zero-order chi connectivity index (χ0) is 20.5. The average Bonchev–Trinajstić information content (AvgIpc) is 2.68. The number of amides is 2. The van der Waals surface area contributed by atoms with Gasteiger partial charge in [-0.05, 0) is 49.2 Å². The highest BCUT2D eigenvalue weighted by Crippen LogP contribution is 2.18. The standard InChI is InChI=1S/C21H24Cl2N2O3/c1-3-10-24-21(27)15(2)25(13-16-6-4-7-17(22)11-16)20(26)14-28-19-9-5-8-18(23)12-19/h4-9,11-12,15H,3,10,13-14H2,1-2H3,(H,24,27)/t15-/m1/s1. The van der Waals surface area contributed by atoms with E-state index in [-0.39, 0.29) is 25.0 Å². The van der Waals surface area contributed by atoms with Gasteiger partial charge in [-0.3, -0.25) is 9.59 Å². The largest absolute Gasteiger partial charge is 0.484 e. The van der Waals surface area contributed by atoms with Gasteiger partial charge >= 0.3 is 0 Å². The molecule has 0 saturated carbocycles. The summed E-state index contributed by atoms with van der Waals surface area (Å²) in [4.78, 5) is 26.8. The van der Waals surface area contributed by atoms with Gasteiger partial charge in [0.2, 0.25) is 5.91 Å². The number of rotatable bonds is 9. The molecule has 0 unspecified atom stereocenters. The molecule has 0 spiro atoms. The van der Waals surface area contributed by atoms with Gasteiger partial charge in [0, 0.05) is 23.1 Å². The molecule has 5 nitrogen and oxygen atoms in total. The predicted molar refractivity (Wildman–Crippen MR) is 112 cm³/mol. The first kappa shape index (κ1) is 22.1. The van der Waals surface area contributed by atoms with Crippen LogP contribution in [0.2, 0.25) is 10.0 Å². The van der Waals surface area contributed by atoms with Gasteiger partial charge < -0.3 is 15.0 Å². The number of carbonyl (C=O) groups excluding carboxylic acids is 2. The van der Waals surface area contributed by atoms with E-state index in [9.17, 15) is 9.59 Å². The summed E-state index contributed by atoms with van der Waals surface area (Å²) in [5.41, 5.74) is 0.832. The van der Waals surface area contributed by atoms with Gasteiger partial charge in [0.05, 0.1) is 0 Å². The lowest BCUT2D eigenvalue weighted by Gasteiger charge is -2.28. The van der Waals surface area contributed by atoms with E-state index < -0.39 is 6.04 Å². The smallest absolute Gasteiger partial charge is 0.261 e. The number of hydrogen-bond acceptors (Lipinski definition) is 3. The number of benzene rings is 2. The summed E-state index contributed by atoms with van der Waals surface area (Å²) in [5, 5.41) is 3.92. The van der Waals surface area contributed by atoms with Gasteiger partial charge in [0.1, 0.15) is 11.8 Å². The molecule has 0 fully saturated rings. The second-order valence-corrected chi connectivity index (χ2v) is 7.24. The van der Waals surface area contributed by atoms with Crippen molar-refractivity contribution in [2.75, 3.05) is 13.2 Å². The second kappa shape index (κ2) is 10.9. The van der Waals surface area contributed by atoms with E-state index in [1.54, 1.807) is 43.3 Å². The fourth-order valence-corrected chi connectivity index (χ4v) is 2.99. The molecule has 7 heteroatoms. The van der Waals surface area contributed by atoms with Crippen LogP contribution in [-0.2, 0) is 16.1 Å². The van der Waals surface area contributed by atoms with Gasteiger partial charge in [-0.1, -0.05) is 48.3 Å². The van der Waals surface area contributed by atoms with E-state index in [4.69, 9.17) is 27.9 Å². The number of ether oxygens (including phenoxy) is 1. The quantitative estimate of drug-likeness (QED) is 0.654. The van der Waals surface area contributed by atoms with Crippen molar-refractivity contribution < 1.29 is 14.3 Å². The molecule has 2 aromatic rings. The first-order valence-electron chi connectivity index (χ1n) is 9.10. The lowest BCUT2D eigenvalue weighted by molar-refractivity contribution is -0.142. The summed E-state index contributed by atoms with van der Waals surface area (Å²) in [7, 11) is 0. The van der Waals surface area contributed by atoms with Crippen LogP contribution in [0.25, 0.3) is 0 Å². The van der Waals surface area contributed by atoms with Crippen LogP contribution in [0, 0.1) is 0 Å². The van der Waals surface area contributed by atoms with Crippen molar-refractivity contribution in [3.63, 3.8) is 0 Å². The van der Waals surface area contributed by atoms with Crippen molar-refractivity contribution in [2.24, 2.45) is 0 Å². The Morgan fingerprint density at radius 1 is 1.11 bits per heavy atom. The monoisotopic (exact) mass is 422 g/mol. The normalized spacial score (nSPS) is 11.6. The summed E-state index contributed by atoms with van der Waals surface area (Å²) in [6.45, 7) is 4.28. The third-order valence-electron chi connectivity index (χ3n) is 4.12. The van der Waals surface area contributed by atoms with Gasteiger partial charge in [0.15, 0.2) is 6.61 Å². The Morgan fingerprint density at radius 2 is 1.79 bits per heavy atom. The molecule has 1 N–H and O–H groups in total. The Labute approximate surface area is 175 Å². The molecule has 2 aromatic carbocycles. The van der Waals surface area contributed by atoms with Gasteiger partial charge in [-0.2, -0.15) is 0 Å². The van der Waals surface area contributed by atoms with Crippen molar-refractivity contribution in [1.29, 1.82) is 0 Å². The molecule has 0 radical (unpaired) electrons. The van der Waals surface area contributed by atoms with Gasteiger partial charge in [0.25, 0.3) is 5.91 Å². The molecule has 0 heterocycles. The fourth-order valence-electron chi connectivity index (χ4n) is 2.60. The Morgan fingerprint density at radius 3 is 2.43 bits per heavy atom. The minimum Gasteiger partial charge on any atom is -0.484 e. The highest BCUT2D eigenvalue weighted by atomic mass is 35.5. The minimum atomic E-state index is -0.652. The first-order chi connectivity index (χ1) is 13.4. The fraction of sp³-hybridized carbons (Fsp3) is 0.333. The summed E-state index contributed by atoms with van der Waals surface area (Å²) in [5.74, 6) is -0.0225. The number of carbonyl (C=O) groups is 2. The third-order valence-corrected chi connectivity index (χ3v) is 4.59. The topological polar surface area (TPSA) is 58.6 Å². The maximum atomic E-state index is 12.9. The van der Waals surface area contributed by atoms with E-state index >= 15 is 0 Å². The molecular weight excluding hydrogens is 399 g/mol. The van der Waals surface area contributed by atoms with E-state index in [0.717, 1.165) is 12.0 Å². The van der Waals surface area contributed by atoms with Crippen molar-refractivity contribution >= 4 is 35.0 Å². The molecule has 2 rings (SSSR count). The Hall–Kier alpha value is -2.24. The number of nitrogens with zero attached hydrogens (tertiary/aromatic N) is 1. The van der Waals surface area contributed by atoms with E-state index in [0.29, 0.717) is 22.3 Å². The van der Waals surface area contributed by atoms with E-state index in [2.05, 4.69) is 5.32 Å². The third kappa shape index (κ3) is 6.73. The molecule has 150 valence electrons. The highest BCUT2D eigenvalue weighted by Gasteiger charge is 2.26. The van der Waals surface area contributed by atoms with Crippen LogP contribution in [0.3, 0.4) is 0 Å². The van der Waals surface area contributed by atoms with Crippen molar-refractivity contribution in [1.82, 2.24) is 10.2 Å². The van der Waals surface area contributed by atoms with Crippen LogP contribution in [0.4, 0.5) is 0 Å². The van der Waals surface area contributed by atoms with Crippen LogP contribution < -0.4 is 10.1 Å². The van der Waals surface area contributed by atoms with E-state index in [1.165, 1.54) is 4.90 Å². The van der Waals surface area contributed by atoms with Gasteiger partial charge in [-0.25, -0.2) is 0 Å². The maximum Gasteiger partial charge on any atom is 0.261 e. The van der Waals surface area contributed by atoms with Crippen molar-refractivity contribution in [3.05, 3.63) is 64.1 Å². The lowest BCUT2D eigenvalue weighted by atomic mass is 10.1. The molecule has 1 atom stereocenters. The van der Waals surface area contributed by atoms with Crippen LogP contribution in [0.5, 0.6) is 5.75 Å². The maximum absolute atomic E-state index is 12.9. The molecule has 0 aliphatic heterocycles. The molecule has 28 heavy (non-hydrogen) atoms. The van der Waals surface area contributed by atoms with Crippen LogP contribution in [-0.4, -0.2) is 35.9 Å². The molecular formula is C21H24Cl2N2O3. The molecule has 0 saturated heterocycles. The summed E-state index contributed by atoms with van der Waals surface area (Å²) >= 11 is 12.0. The first-order valence-corrected chi connectivity index (χ1v) is 9.86. The number of nitrogens with one attached hydrogen (secondary N) is 1. The highest BCUT2D eigenvalue weighted by molar-refractivity contribution is 6.30. The zero-order valence-electron chi connectivity index (χ0n) is 16.0.